The highest BCUT2D eigenvalue weighted by atomic mass is 32.2. The van der Waals surface area contributed by atoms with Crippen LogP contribution in [0.2, 0.25) is 0 Å². The van der Waals surface area contributed by atoms with Crippen molar-refractivity contribution in [1.82, 2.24) is 0 Å². The molecule has 0 bridgehead atoms. The molecule has 0 spiro atoms. The molecule has 3 rings (SSSR count). The van der Waals surface area contributed by atoms with Crippen LogP contribution in [-0.4, -0.2) is 17.5 Å². The van der Waals surface area contributed by atoms with E-state index in [1.807, 2.05) is 30.5 Å². The molecule has 0 atom stereocenters. The summed E-state index contributed by atoms with van der Waals surface area (Å²) in [6, 6.07) is 7.99. The Morgan fingerprint density at radius 1 is 1.33 bits per heavy atom. The third-order valence-electron chi connectivity index (χ3n) is 2.31. The van der Waals surface area contributed by atoms with Crippen molar-refractivity contribution >= 4 is 22.6 Å². The van der Waals surface area contributed by atoms with Crippen molar-refractivity contribution in [3.63, 3.8) is 0 Å². The molecule has 0 aliphatic carbocycles. The molecule has 1 aromatic rings. The van der Waals surface area contributed by atoms with Crippen molar-refractivity contribution in [1.29, 1.82) is 0 Å². The smallest absolute Gasteiger partial charge is 0.168 e. The lowest BCUT2D eigenvalue weighted by atomic mass is 10.2. The van der Waals surface area contributed by atoms with Crippen molar-refractivity contribution < 1.29 is 4.74 Å². The van der Waals surface area contributed by atoms with Crippen LogP contribution in [-0.2, 0) is 0 Å². The minimum Gasteiger partial charge on any atom is -0.461 e. The van der Waals surface area contributed by atoms with E-state index >= 15 is 0 Å². The molecule has 0 amide bonds. The van der Waals surface area contributed by atoms with E-state index < -0.39 is 0 Å². The molecule has 2 aliphatic heterocycles. The van der Waals surface area contributed by atoms with E-state index in [9.17, 15) is 0 Å². The van der Waals surface area contributed by atoms with Crippen molar-refractivity contribution in [2.75, 3.05) is 17.2 Å². The summed E-state index contributed by atoms with van der Waals surface area (Å²) in [4.78, 5) is 6.54. The first-order valence-corrected chi connectivity index (χ1v) is 5.82. The molecule has 1 aromatic carbocycles. The second-order valence-corrected chi connectivity index (χ2v) is 4.32. The number of fused-ring (bicyclic) bond motifs is 1. The van der Waals surface area contributed by atoms with Gasteiger partial charge in [-0.2, -0.15) is 0 Å². The number of aliphatic imine (C=N–C) groups is 1. The van der Waals surface area contributed by atoms with Gasteiger partial charge in [-0.05, 0) is 12.1 Å². The number of amidine groups is 1. The van der Waals surface area contributed by atoms with Crippen LogP contribution in [0.4, 0.5) is 5.69 Å². The number of ether oxygens (including phenoxy) is 1. The van der Waals surface area contributed by atoms with Gasteiger partial charge in [0, 0.05) is 12.0 Å². The molecular weight excluding hydrogens is 208 g/mol. The molecule has 0 saturated carbocycles. The van der Waals surface area contributed by atoms with Gasteiger partial charge in [0.2, 0.25) is 0 Å². The second-order valence-electron chi connectivity index (χ2n) is 3.25. The molecule has 0 aromatic heterocycles. The summed E-state index contributed by atoms with van der Waals surface area (Å²) in [6.07, 6.45) is 3.61. The highest BCUT2D eigenvalue weighted by Gasteiger charge is 2.20. The maximum absolute atomic E-state index is 5.43. The zero-order valence-corrected chi connectivity index (χ0v) is 8.91. The zero-order valence-electron chi connectivity index (χ0n) is 8.09. The number of hydrogen-bond donors (Lipinski definition) is 0. The summed E-state index contributed by atoms with van der Waals surface area (Å²) in [5.74, 6) is 1.96. The molecule has 0 unspecified atom stereocenters. The number of hydrogen-bond acceptors (Lipinski definition) is 4. The Labute approximate surface area is 92.4 Å². The van der Waals surface area contributed by atoms with E-state index in [0.717, 1.165) is 28.9 Å². The van der Waals surface area contributed by atoms with E-state index in [4.69, 9.17) is 4.74 Å². The van der Waals surface area contributed by atoms with Crippen molar-refractivity contribution in [3.05, 3.63) is 36.7 Å². The topological polar surface area (TPSA) is 24.8 Å². The minimum atomic E-state index is 0.884. The van der Waals surface area contributed by atoms with Crippen LogP contribution in [0.3, 0.4) is 0 Å². The number of benzene rings is 1. The molecule has 0 fully saturated rings. The quantitative estimate of drug-likeness (QED) is 0.668. The van der Waals surface area contributed by atoms with E-state index in [-0.39, 0.29) is 0 Å². The van der Waals surface area contributed by atoms with E-state index in [0.29, 0.717) is 0 Å². The lowest BCUT2D eigenvalue weighted by molar-refractivity contribution is 0.474. The zero-order chi connectivity index (χ0) is 10.1. The number of thioether (sulfide) groups is 1. The van der Waals surface area contributed by atoms with Gasteiger partial charge >= 0.3 is 0 Å². The number of rotatable bonds is 0. The van der Waals surface area contributed by atoms with Crippen molar-refractivity contribution in [2.45, 2.75) is 0 Å². The van der Waals surface area contributed by atoms with Crippen LogP contribution in [0.1, 0.15) is 0 Å². The van der Waals surface area contributed by atoms with Gasteiger partial charge in [-0.25, -0.2) is 0 Å². The van der Waals surface area contributed by atoms with E-state index in [2.05, 4.69) is 9.89 Å². The van der Waals surface area contributed by atoms with Crippen molar-refractivity contribution in [2.24, 2.45) is 4.99 Å². The number of para-hydroxylation sites is 2. The Balaban J connectivity index is 2.02. The summed E-state index contributed by atoms with van der Waals surface area (Å²) in [6.45, 7) is 0.910. The van der Waals surface area contributed by atoms with Crippen LogP contribution >= 0.6 is 11.8 Å². The molecule has 0 saturated heterocycles. The third-order valence-corrected chi connectivity index (χ3v) is 3.28. The Morgan fingerprint density at radius 2 is 2.27 bits per heavy atom. The van der Waals surface area contributed by atoms with E-state index in [1.165, 1.54) is 0 Å². The predicted octanol–water partition coefficient (Wildman–Crippen LogP) is 2.46. The maximum Gasteiger partial charge on any atom is 0.168 e. The van der Waals surface area contributed by atoms with Crippen LogP contribution in [0, 0.1) is 0 Å². The lowest BCUT2D eigenvalue weighted by Crippen LogP contribution is -2.23. The molecule has 3 nitrogen and oxygen atoms in total. The van der Waals surface area contributed by atoms with E-state index in [1.54, 1.807) is 18.0 Å². The highest BCUT2D eigenvalue weighted by molar-refractivity contribution is 8.14. The molecule has 2 aliphatic rings. The Kier molecular flexibility index (Phi) is 2.14. The van der Waals surface area contributed by atoms with Gasteiger partial charge < -0.3 is 4.74 Å². The number of nitrogens with zero attached hydrogens (tertiary/aromatic N) is 2. The number of anilines is 1. The van der Waals surface area contributed by atoms with Gasteiger partial charge in [0.25, 0.3) is 0 Å². The van der Waals surface area contributed by atoms with Crippen LogP contribution < -0.4 is 9.64 Å². The van der Waals surface area contributed by atoms with Gasteiger partial charge in [0.05, 0.1) is 12.2 Å². The average Bonchev–Trinajstić information content (AvgIpc) is 2.82. The summed E-state index contributed by atoms with van der Waals surface area (Å²) in [7, 11) is 0. The summed E-state index contributed by atoms with van der Waals surface area (Å²) in [5.41, 5.74) is 1.06. The standard InChI is InChI=1S/C11H10N2OS/c1-2-4-10-9(3-1)13(6-7-14-10)11-12-5-8-15-11/h1-4,6-7H,5,8H2. The third kappa shape index (κ3) is 1.51. The Hall–Kier alpha value is -1.42. The lowest BCUT2D eigenvalue weighted by Gasteiger charge is -2.24. The Morgan fingerprint density at radius 3 is 3.13 bits per heavy atom. The molecule has 15 heavy (non-hydrogen) atoms. The molecule has 76 valence electrons. The largest absolute Gasteiger partial charge is 0.461 e. The van der Waals surface area contributed by atoms with Crippen LogP contribution in [0.15, 0.2) is 41.7 Å². The molecule has 0 N–H and O–H groups in total. The summed E-state index contributed by atoms with van der Waals surface area (Å²) >= 11 is 1.78. The normalized spacial score (nSPS) is 18.4. The molecule has 0 radical (unpaired) electrons. The van der Waals surface area contributed by atoms with Gasteiger partial charge in [0.15, 0.2) is 10.9 Å². The van der Waals surface area contributed by atoms with Gasteiger partial charge in [0.1, 0.15) is 6.26 Å². The SMILES string of the molecule is C1=CN(C2=NCCS2)c2ccccc2O1. The first-order valence-electron chi connectivity index (χ1n) is 4.84. The monoisotopic (exact) mass is 218 g/mol. The summed E-state index contributed by atoms with van der Waals surface area (Å²) in [5, 5.41) is 1.06. The average molecular weight is 218 g/mol. The van der Waals surface area contributed by atoms with Gasteiger partial charge in [-0.1, -0.05) is 23.9 Å². The highest BCUT2D eigenvalue weighted by Crippen LogP contribution is 2.34. The fourth-order valence-corrected chi connectivity index (χ4v) is 2.48. The van der Waals surface area contributed by atoms with Gasteiger partial charge in [-0.3, -0.25) is 9.89 Å². The molecular formula is C11H10N2OS. The Bertz CT molecular complexity index is 442. The van der Waals surface area contributed by atoms with Gasteiger partial charge in [-0.15, -0.1) is 0 Å². The molecule has 2 heterocycles. The van der Waals surface area contributed by atoms with Crippen LogP contribution in [0.5, 0.6) is 5.75 Å². The first-order chi connectivity index (χ1) is 7.45. The minimum absolute atomic E-state index is 0.884. The molecule has 4 heteroatoms. The van der Waals surface area contributed by atoms with Crippen LogP contribution in [0.25, 0.3) is 0 Å². The second kappa shape index (κ2) is 3.62. The fraction of sp³-hybridized carbons (Fsp3) is 0.182. The summed E-state index contributed by atoms with van der Waals surface area (Å²) < 4.78 is 5.43. The first kappa shape index (κ1) is 8.85. The maximum atomic E-state index is 5.43. The fourth-order valence-electron chi connectivity index (χ4n) is 1.64. The van der Waals surface area contributed by atoms with Crippen molar-refractivity contribution in [3.8, 4) is 5.75 Å². The predicted molar refractivity (Wildman–Crippen MR) is 63.4 cm³/mol.